The Morgan fingerprint density at radius 2 is 1.55 bits per heavy atom. The van der Waals surface area contributed by atoms with E-state index >= 15 is 0 Å². The van der Waals surface area contributed by atoms with Crippen LogP contribution in [0.4, 0.5) is 0 Å². The summed E-state index contributed by atoms with van der Waals surface area (Å²) in [5, 5.41) is 4.67. The molecule has 0 aromatic carbocycles. The average Bonchev–Trinajstić information content (AvgIpc) is 3.32. The second kappa shape index (κ2) is 7.04. The van der Waals surface area contributed by atoms with Crippen LogP contribution < -0.4 is 11.1 Å². The van der Waals surface area contributed by atoms with Crippen molar-refractivity contribution < 1.29 is 0 Å². The zero-order valence-electron chi connectivity index (χ0n) is 16.1. The van der Waals surface area contributed by atoms with E-state index in [4.69, 9.17) is 0 Å². The summed E-state index contributed by atoms with van der Waals surface area (Å²) in [7, 11) is 0. The van der Waals surface area contributed by atoms with Crippen LogP contribution in [-0.2, 0) is 25.0 Å². The molecule has 0 radical (unpaired) electrons. The molecule has 3 aromatic heterocycles. The number of fused-ring (bicyclic) bond motifs is 2. The van der Waals surface area contributed by atoms with Crippen molar-refractivity contribution in [3.05, 3.63) is 86.7 Å². The van der Waals surface area contributed by atoms with Crippen LogP contribution in [0.3, 0.4) is 0 Å². The molecule has 0 amide bonds. The van der Waals surface area contributed by atoms with Crippen molar-refractivity contribution in [2.24, 2.45) is 0 Å². The molecule has 0 aliphatic carbocycles. The minimum atomic E-state index is -0.584. The van der Waals surface area contributed by atoms with Gasteiger partial charge in [-0.2, -0.15) is 5.10 Å². The van der Waals surface area contributed by atoms with Crippen LogP contribution in [0.5, 0.6) is 0 Å². The molecular formula is C21H22N6O2. The summed E-state index contributed by atoms with van der Waals surface area (Å²) in [6, 6.07) is 11.5. The number of aromatic nitrogens is 5. The van der Waals surface area contributed by atoms with Crippen LogP contribution in [0.2, 0.25) is 0 Å². The first-order valence-corrected chi connectivity index (χ1v) is 9.89. The molecule has 148 valence electrons. The third kappa shape index (κ3) is 3.19. The Morgan fingerprint density at radius 3 is 2.24 bits per heavy atom. The third-order valence-corrected chi connectivity index (χ3v) is 6.00. The highest BCUT2D eigenvalue weighted by molar-refractivity contribution is 5.18. The lowest BCUT2D eigenvalue weighted by Gasteiger charge is -2.23. The molecule has 8 heteroatoms. The highest BCUT2D eigenvalue weighted by Crippen LogP contribution is 2.40. The number of nitrogens with zero attached hydrogens (tertiary/aromatic N) is 6. The Kier molecular flexibility index (Phi) is 4.35. The number of pyridine rings is 2. The first-order valence-electron chi connectivity index (χ1n) is 9.89. The van der Waals surface area contributed by atoms with Crippen LogP contribution in [0.15, 0.2) is 58.4 Å². The molecule has 1 atom stereocenters. The molecule has 5 rings (SSSR count). The molecule has 2 aliphatic rings. The smallest absolute Gasteiger partial charge is 0.296 e. The summed E-state index contributed by atoms with van der Waals surface area (Å²) in [6.07, 6.45) is 5.24. The van der Waals surface area contributed by atoms with E-state index in [0.29, 0.717) is 12.2 Å². The predicted molar refractivity (Wildman–Crippen MR) is 107 cm³/mol. The van der Waals surface area contributed by atoms with E-state index in [9.17, 15) is 9.59 Å². The van der Waals surface area contributed by atoms with Crippen molar-refractivity contribution in [3.8, 4) is 0 Å². The topological polar surface area (TPSA) is 85.9 Å². The van der Waals surface area contributed by atoms with Gasteiger partial charge < -0.3 is 0 Å². The van der Waals surface area contributed by atoms with E-state index in [0.717, 1.165) is 44.0 Å². The van der Waals surface area contributed by atoms with Crippen molar-refractivity contribution in [3.63, 3.8) is 0 Å². The third-order valence-electron chi connectivity index (χ3n) is 6.00. The number of rotatable bonds is 4. The lowest BCUT2D eigenvalue weighted by molar-refractivity contribution is 0.294. The first-order chi connectivity index (χ1) is 14.1. The van der Waals surface area contributed by atoms with Crippen molar-refractivity contribution in [1.29, 1.82) is 0 Å². The van der Waals surface area contributed by atoms with Crippen LogP contribution in [0.25, 0.3) is 0 Å². The van der Waals surface area contributed by atoms with Gasteiger partial charge in [0.2, 0.25) is 0 Å². The monoisotopic (exact) mass is 390 g/mol. The predicted octanol–water partition coefficient (Wildman–Crippen LogP) is 0.791. The van der Waals surface area contributed by atoms with E-state index in [2.05, 4.69) is 20.0 Å². The van der Waals surface area contributed by atoms with E-state index in [-0.39, 0.29) is 12.0 Å². The Labute approximate surface area is 167 Å². The summed E-state index contributed by atoms with van der Waals surface area (Å²) in [5.41, 5.74) is 0.494. The molecule has 1 spiro atoms. The van der Waals surface area contributed by atoms with Gasteiger partial charge in [-0.1, -0.05) is 12.1 Å². The summed E-state index contributed by atoms with van der Waals surface area (Å²) in [6.45, 7) is 3.28. The lowest BCUT2D eigenvalue weighted by Crippen LogP contribution is -2.45. The van der Waals surface area contributed by atoms with E-state index < -0.39 is 11.1 Å². The SMILES string of the molecule is O=c1c(=O)n2c(nn1Cc1ccccn1)C1(CCN(Cc3ccccn3)C1)CC2. The van der Waals surface area contributed by atoms with Crippen LogP contribution in [0, 0.1) is 0 Å². The van der Waals surface area contributed by atoms with Crippen molar-refractivity contribution in [2.75, 3.05) is 13.1 Å². The molecule has 1 fully saturated rings. The lowest BCUT2D eigenvalue weighted by atomic mass is 9.85. The highest BCUT2D eigenvalue weighted by Gasteiger charge is 2.47. The molecule has 0 saturated carbocycles. The van der Waals surface area contributed by atoms with Gasteiger partial charge in [-0.3, -0.25) is 29.0 Å². The maximum atomic E-state index is 12.7. The summed E-state index contributed by atoms with van der Waals surface area (Å²) in [4.78, 5) is 36.3. The molecule has 2 aliphatic heterocycles. The van der Waals surface area contributed by atoms with Gasteiger partial charge in [0.15, 0.2) is 0 Å². The van der Waals surface area contributed by atoms with Crippen molar-refractivity contribution in [1.82, 2.24) is 29.2 Å². The van der Waals surface area contributed by atoms with Gasteiger partial charge in [0.1, 0.15) is 5.82 Å². The Hall–Kier alpha value is -3.13. The molecule has 3 aromatic rings. The number of hydrogen-bond donors (Lipinski definition) is 0. The molecule has 29 heavy (non-hydrogen) atoms. The van der Waals surface area contributed by atoms with Crippen LogP contribution >= 0.6 is 0 Å². The molecule has 1 unspecified atom stereocenters. The van der Waals surface area contributed by atoms with Gasteiger partial charge in [-0.05, 0) is 43.7 Å². The molecular weight excluding hydrogens is 368 g/mol. The largest absolute Gasteiger partial charge is 0.332 e. The fourth-order valence-electron chi connectivity index (χ4n) is 4.53. The number of likely N-dealkylation sites (tertiary alicyclic amines) is 1. The normalized spacial score (nSPS) is 21.0. The van der Waals surface area contributed by atoms with Crippen molar-refractivity contribution in [2.45, 2.75) is 37.9 Å². The summed E-state index contributed by atoms with van der Waals surface area (Å²) in [5.74, 6) is 0.738. The Bertz CT molecular complexity index is 1140. The van der Waals surface area contributed by atoms with Gasteiger partial charge in [0.05, 0.1) is 17.9 Å². The fourth-order valence-corrected chi connectivity index (χ4v) is 4.53. The summed E-state index contributed by atoms with van der Waals surface area (Å²) < 4.78 is 2.87. The van der Waals surface area contributed by atoms with Gasteiger partial charge in [0, 0.05) is 37.4 Å². The standard InChI is InChI=1S/C21H22N6O2/c28-18-19(29)27(14-17-6-2-4-10-23-17)24-20-21(8-12-26(18)20)7-11-25(15-21)13-16-5-1-3-9-22-16/h1-6,9-10H,7-8,11-15H2. The first kappa shape index (κ1) is 17.9. The molecule has 8 nitrogen and oxygen atoms in total. The Balaban J connectivity index is 1.46. The minimum Gasteiger partial charge on any atom is -0.296 e. The quantitative estimate of drug-likeness (QED) is 0.613. The Morgan fingerprint density at radius 1 is 0.862 bits per heavy atom. The minimum absolute atomic E-state index is 0.187. The molecule has 1 saturated heterocycles. The second-order valence-corrected chi connectivity index (χ2v) is 7.88. The van der Waals surface area contributed by atoms with Gasteiger partial charge in [0.25, 0.3) is 0 Å². The summed E-state index contributed by atoms with van der Waals surface area (Å²) >= 11 is 0. The average molecular weight is 390 g/mol. The molecule has 0 bridgehead atoms. The van der Waals surface area contributed by atoms with E-state index in [1.54, 1.807) is 10.8 Å². The van der Waals surface area contributed by atoms with E-state index in [1.807, 2.05) is 42.6 Å². The van der Waals surface area contributed by atoms with Gasteiger partial charge >= 0.3 is 11.1 Å². The molecule has 5 heterocycles. The zero-order valence-corrected chi connectivity index (χ0v) is 16.1. The highest BCUT2D eigenvalue weighted by atomic mass is 16.2. The van der Waals surface area contributed by atoms with Crippen LogP contribution in [-0.4, -0.2) is 42.3 Å². The van der Waals surface area contributed by atoms with Crippen molar-refractivity contribution >= 4 is 0 Å². The maximum Gasteiger partial charge on any atom is 0.332 e. The fraction of sp³-hybridized carbons (Fsp3) is 0.381. The number of hydrogen-bond acceptors (Lipinski definition) is 6. The van der Waals surface area contributed by atoms with Crippen LogP contribution in [0.1, 0.15) is 30.1 Å². The second-order valence-electron chi connectivity index (χ2n) is 7.88. The van der Waals surface area contributed by atoms with E-state index in [1.165, 1.54) is 4.68 Å². The maximum absolute atomic E-state index is 12.7. The zero-order chi connectivity index (χ0) is 19.8. The molecule has 0 N–H and O–H groups in total. The van der Waals surface area contributed by atoms with Gasteiger partial charge in [-0.25, -0.2) is 4.68 Å². The van der Waals surface area contributed by atoms with Gasteiger partial charge in [-0.15, -0.1) is 0 Å².